The number of nitriles is 1. The summed E-state index contributed by atoms with van der Waals surface area (Å²) >= 11 is 0. The van der Waals surface area contributed by atoms with Gasteiger partial charge < -0.3 is 10.0 Å². The van der Waals surface area contributed by atoms with Crippen molar-refractivity contribution in [1.29, 1.82) is 5.26 Å². The molecule has 0 aliphatic heterocycles. The topological polar surface area (TPSA) is 64.3 Å². The van der Waals surface area contributed by atoms with Crippen molar-refractivity contribution in [3.8, 4) is 6.07 Å². The number of carbonyl (C=O) groups is 1. The summed E-state index contributed by atoms with van der Waals surface area (Å²) in [5.41, 5.74) is 1.11. The van der Waals surface area contributed by atoms with Crippen molar-refractivity contribution in [3.63, 3.8) is 0 Å². The lowest BCUT2D eigenvalue weighted by Crippen LogP contribution is -2.38. The van der Waals surface area contributed by atoms with Crippen LogP contribution in [0.3, 0.4) is 0 Å². The Morgan fingerprint density at radius 2 is 2.00 bits per heavy atom. The second kappa shape index (κ2) is 7.44. The van der Waals surface area contributed by atoms with E-state index in [2.05, 4.69) is 0 Å². The van der Waals surface area contributed by atoms with Gasteiger partial charge >= 0.3 is 0 Å². The van der Waals surface area contributed by atoms with Gasteiger partial charge in [-0.05, 0) is 17.7 Å². The molecule has 4 nitrogen and oxygen atoms in total. The van der Waals surface area contributed by atoms with Crippen LogP contribution in [0.1, 0.15) is 11.1 Å². The fourth-order valence-electron chi connectivity index (χ4n) is 1.59. The number of benzene rings is 1. The Morgan fingerprint density at radius 1 is 1.37 bits per heavy atom. The standard InChI is InChI=1S/C13H14F2N2O2/c14-12(15)9-17(5-6-18)13(19)7-10-1-3-11(8-16)4-2-10/h1-4,12,18H,5-7,9H2. The highest BCUT2D eigenvalue weighted by Crippen LogP contribution is 2.07. The predicted molar refractivity (Wildman–Crippen MR) is 64.5 cm³/mol. The number of aliphatic hydroxyl groups excluding tert-OH is 1. The molecule has 1 amide bonds. The van der Waals surface area contributed by atoms with E-state index in [1.807, 2.05) is 6.07 Å². The van der Waals surface area contributed by atoms with Gasteiger partial charge in [-0.3, -0.25) is 4.79 Å². The SMILES string of the molecule is N#Cc1ccc(CC(=O)N(CCO)CC(F)F)cc1. The first-order valence-corrected chi connectivity index (χ1v) is 5.72. The van der Waals surface area contributed by atoms with Crippen molar-refractivity contribution in [2.45, 2.75) is 12.8 Å². The number of hydrogen-bond donors (Lipinski definition) is 1. The number of aliphatic hydroxyl groups is 1. The van der Waals surface area contributed by atoms with Crippen LogP contribution in [0, 0.1) is 11.3 Å². The van der Waals surface area contributed by atoms with E-state index in [-0.39, 0.29) is 19.6 Å². The zero-order valence-corrected chi connectivity index (χ0v) is 10.2. The minimum atomic E-state index is -2.63. The summed E-state index contributed by atoms with van der Waals surface area (Å²) < 4.78 is 24.6. The summed E-state index contributed by atoms with van der Waals surface area (Å²) in [6.45, 7) is -1.15. The van der Waals surface area contributed by atoms with Crippen LogP contribution in [0.15, 0.2) is 24.3 Å². The Labute approximate surface area is 109 Å². The smallest absolute Gasteiger partial charge is 0.255 e. The molecule has 0 unspecified atom stereocenters. The molecule has 0 spiro atoms. The van der Waals surface area contributed by atoms with Gasteiger partial charge in [-0.15, -0.1) is 0 Å². The van der Waals surface area contributed by atoms with Gasteiger partial charge in [0.2, 0.25) is 5.91 Å². The van der Waals surface area contributed by atoms with Crippen molar-refractivity contribution in [2.75, 3.05) is 19.7 Å². The Hall–Kier alpha value is -2.00. The summed E-state index contributed by atoms with van der Waals surface area (Å²) in [5.74, 6) is -0.473. The maximum Gasteiger partial charge on any atom is 0.255 e. The third-order valence-corrected chi connectivity index (χ3v) is 2.52. The summed E-state index contributed by atoms with van der Waals surface area (Å²) in [6, 6.07) is 8.29. The van der Waals surface area contributed by atoms with Crippen molar-refractivity contribution < 1.29 is 18.7 Å². The first kappa shape index (κ1) is 15.1. The maximum atomic E-state index is 12.3. The van der Waals surface area contributed by atoms with Crippen LogP contribution in [0.2, 0.25) is 0 Å². The summed E-state index contributed by atoms with van der Waals surface area (Å²) in [5, 5.41) is 17.4. The van der Waals surface area contributed by atoms with E-state index >= 15 is 0 Å². The first-order chi connectivity index (χ1) is 9.06. The lowest BCUT2D eigenvalue weighted by Gasteiger charge is -2.21. The Balaban J connectivity index is 2.67. The fourth-order valence-corrected chi connectivity index (χ4v) is 1.59. The monoisotopic (exact) mass is 268 g/mol. The molecule has 1 aromatic rings. The zero-order valence-electron chi connectivity index (χ0n) is 10.2. The quantitative estimate of drug-likeness (QED) is 0.842. The largest absolute Gasteiger partial charge is 0.395 e. The normalized spacial score (nSPS) is 10.3. The lowest BCUT2D eigenvalue weighted by atomic mass is 10.1. The molecule has 0 aromatic heterocycles. The number of rotatable bonds is 6. The van der Waals surface area contributed by atoms with Crippen molar-refractivity contribution >= 4 is 5.91 Å². The van der Waals surface area contributed by atoms with Crippen molar-refractivity contribution in [3.05, 3.63) is 35.4 Å². The highest BCUT2D eigenvalue weighted by molar-refractivity contribution is 5.78. The van der Waals surface area contributed by atoms with Crippen LogP contribution in [0.4, 0.5) is 8.78 Å². The number of hydrogen-bond acceptors (Lipinski definition) is 3. The Bertz CT molecular complexity index is 455. The average molecular weight is 268 g/mol. The molecule has 0 saturated carbocycles. The second-order valence-electron chi connectivity index (χ2n) is 3.94. The van der Waals surface area contributed by atoms with Gasteiger partial charge in [0.05, 0.1) is 31.2 Å². The molecule has 0 saturated heterocycles. The van der Waals surface area contributed by atoms with Crippen LogP contribution in [0.5, 0.6) is 0 Å². The minimum Gasteiger partial charge on any atom is -0.395 e. The highest BCUT2D eigenvalue weighted by atomic mass is 19.3. The zero-order chi connectivity index (χ0) is 14.3. The van der Waals surface area contributed by atoms with Crippen LogP contribution in [-0.4, -0.2) is 42.0 Å². The first-order valence-electron chi connectivity index (χ1n) is 5.72. The van der Waals surface area contributed by atoms with Gasteiger partial charge in [0.25, 0.3) is 6.43 Å². The van der Waals surface area contributed by atoms with E-state index in [4.69, 9.17) is 10.4 Å². The van der Waals surface area contributed by atoms with Crippen molar-refractivity contribution in [2.24, 2.45) is 0 Å². The molecule has 0 bridgehead atoms. The number of carbonyl (C=O) groups excluding carboxylic acids is 1. The van der Waals surface area contributed by atoms with Crippen LogP contribution in [-0.2, 0) is 11.2 Å². The van der Waals surface area contributed by atoms with E-state index < -0.39 is 18.9 Å². The van der Waals surface area contributed by atoms with Gasteiger partial charge in [-0.25, -0.2) is 8.78 Å². The molecule has 19 heavy (non-hydrogen) atoms. The van der Waals surface area contributed by atoms with Gasteiger partial charge in [0.15, 0.2) is 0 Å². The molecule has 0 fully saturated rings. The summed E-state index contributed by atoms with van der Waals surface area (Å²) in [4.78, 5) is 12.7. The molecule has 102 valence electrons. The molecule has 1 N–H and O–H groups in total. The van der Waals surface area contributed by atoms with Gasteiger partial charge in [0, 0.05) is 6.54 Å². The molecule has 0 aliphatic carbocycles. The van der Waals surface area contributed by atoms with E-state index in [1.165, 1.54) is 0 Å². The van der Waals surface area contributed by atoms with Crippen LogP contribution < -0.4 is 0 Å². The molecule has 1 aromatic carbocycles. The van der Waals surface area contributed by atoms with Crippen LogP contribution in [0.25, 0.3) is 0 Å². The number of alkyl halides is 2. The second-order valence-corrected chi connectivity index (χ2v) is 3.94. The Kier molecular flexibility index (Phi) is 5.90. The highest BCUT2D eigenvalue weighted by Gasteiger charge is 2.17. The molecule has 0 atom stereocenters. The minimum absolute atomic E-state index is 0.0293. The molecular weight excluding hydrogens is 254 g/mol. The summed E-state index contributed by atoms with van der Waals surface area (Å²) in [6.07, 6.45) is -2.66. The molecule has 1 rings (SSSR count). The van der Waals surface area contributed by atoms with Crippen LogP contribution >= 0.6 is 0 Å². The van der Waals surface area contributed by atoms with Gasteiger partial charge in [-0.2, -0.15) is 5.26 Å². The number of amides is 1. The molecule has 0 aliphatic rings. The van der Waals surface area contributed by atoms with Crippen molar-refractivity contribution in [1.82, 2.24) is 4.90 Å². The maximum absolute atomic E-state index is 12.3. The number of halogens is 2. The van der Waals surface area contributed by atoms with Gasteiger partial charge in [0.1, 0.15) is 0 Å². The lowest BCUT2D eigenvalue weighted by molar-refractivity contribution is -0.133. The predicted octanol–water partition coefficient (Wildman–Crippen LogP) is 1.19. The van der Waals surface area contributed by atoms with E-state index in [1.54, 1.807) is 24.3 Å². The van der Waals surface area contributed by atoms with E-state index in [0.29, 0.717) is 11.1 Å². The number of nitrogens with zero attached hydrogens (tertiary/aromatic N) is 2. The molecule has 6 heteroatoms. The fraction of sp³-hybridized carbons (Fsp3) is 0.385. The van der Waals surface area contributed by atoms with Gasteiger partial charge in [-0.1, -0.05) is 12.1 Å². The molecule has 0 heterocycles. The molecular formula is C13H14F2N2O2. The Morgan fingerprint density at radius 3 is 2.47 bits per heavy atom. The van der Waals surface area contributed by atoms with E-state index in [0.717, 1.165) is 4.90 Å². The summed E-state index contributed by atoms with van der Waals surface area (Å²) in [7, 11) is 0. The third-order valence-electron chi connectivity index (χ3n) is 2.52. The van der Waals surface area contributed by atoms with E-state index in [9.17, 15) is 13.6 Å². The average Bonchev–Trinajstić information content (AvgIpc) is 2.38. The molecule has 0 radical (unpaired) electrons. The third kappa shape index (κ3) is 5.02.